The predicted molar refractivity (Wildman–Crippen MR) is 206 cm³/mol. The van der Waals surface area contributed by atoms with E-state index in [9.17, 15) is 44.4 Å². The van der Waals surface area contributed by atoms with Crippen LogP contribution in [-0.2, 0) is 36.8 Å². The van der Waals surface area contributed by atoms with E-state index in [1.807, 2.05) is 24.3 Å². The van der Waals surface area contributed by atoms with E-state index < -0.39 is 72.0 Å². The number of aliphatic carboxylic acids is 1. The Morgan fingerprint density at radius 2 is 1.60 bits per heavy atom. The van der Waals surface area contributed by atoms with Gasteiger partial charge in [0.2, 0.25) is 17.7 Å². The molecule has 15 heteroatoms. The number of aliphatic hydroxyl groups is 2. The van der Waals surface area contributed by atoms with Crippen molar-refractivity contribution in [2.45, 2.75) is 120 Å². The summed E-state index contributed by atoms with van der Waals surface area (Å²) >= 11 is 0. The van der Waals surface area contributed by atoms with Crippen LogP contribution in [0.3, 0.4) is 0 Å². The lowest BCUT2D eigenvalue weighted by Crippen LogP contribution is -2.61. The van der Waals surface area contributed by atoms with E-state index >= 15 is 0 Å². The first-order valence-corrected chi connectivity index (χ1v) is 19.1. The third-order valence-electron chi connectivity index (χ3n) is 10.2. The SMILES string of the molecule is CCCCCCC[C@@H](NC)[C@@H](O)C(=O)N[C@H](C(=O)N1CCC[C@@H]1C(=O)N[C@H](Cc1ccc(O)cc1)C(=O)N[C@@H](Cc1cc2ccccc2[nH]1)C(=O)O)[C@H](C)O. The number of hydrogen-bond acceptors (Lipinski definition) is 9. The summed E-state index contributed by atoms with van der Waals surface area (Å²) in [6, 6.07) is 9.49. The predicted octanol–water partition coefficient (Wildman–Crippen LogP) is 1.88. The van der Waals surface area contributed by atoms with Crippen molar-refractivity contribution in [3.63, 3.8) is 0 Å². The van der Waals surface area contributed by atoms with Gasteiger partial charge in [-0.3, -0.25) is 19.2 Å². The highest BCUT2D eigenvalue weighted by Gasteiger charge is 2.41. The third-order valence-corrected chi connectivity index (χ3v) is 10.2. The molecule has 0 radical (unpaired) electrons. The molecule has 15 nitrogen and oxygen atoms in total. The molecule has 4 amide bonds. The third kappa shape index (κ3) is 12.0. The van der Waals surface area contributed by atoms with E-state index in [0.717, 1.165) is 43.0 Å². The normalized spacial score (nSPS) is 17.5. The number of nitrogens with one attached hydrogen (secondary N) is 5. The molecule has 3 aromatic rings. The number of rotatable bonds is 21. The molecule has 1 aromatic heterocycles. The fourth-order valence-electron chi connectivity index (χ4n) is 7.00. The number of H-pyrrole nitrogens is 1. The highest BCUT2D eigenvalue weighted by Crippen LogP contribution is 2.21. The van der Waals surface area contributed by atoms with Crippen molar-refractivity contribution in [2.75, 3.05) is 13.6 Å². The highest BCUT2D eigenvalue weighted by atomic mass is 16.4. The Morgan fingerprint density at radius 1 is 0.891 bits per heavy atom. The van der Waals surface area contributed by atoms with Crippen molar-refractivity contribution in [2.24, 2.45) is 0 Å². The van der Waals surface area contributed by atoms with Crippen molar-refractivity contribution in [1.29, 1.82) is 0 Å². The first-order chi connectivity index (χ1) is 26.3. The van der Waals surface area contributed by atoms with Crippen LogP contribution in [0.15, 0.2) is 54.6 Å². The lowest BCUT2D eigenvalue weighted by Gasteiger charge is -2.32. The van der Waals surface area contributed by atoms with Crippen LogP contribution in [-0.4, -0.2) is 116 Å². The van der Waals surface area contributed by atoms with Crippen LogP contribution in [0.5, 0.6) is 5.75 Å². The molecular weight excluding hydrogens is 708 g/mol. The first kappa shape index (κ1) is 42.7. The molecule has 1 fully saturated rings. The fourth-order valence-corrected chi connectivity index (χ4v) is 7.00. The number of phenols is 1. The minimum Gasteiger partial charge on any atom is -0.508 e. The van der Waals surface area contributed by atoms with Gasteiger partial charge in [0.05, 0.1) is 6.10 Å². The Morgan fingerprint density at radius 3 is 2.25 bits per heavy atom. The van der Waals surface area contributed by atoms with Gasteiger partial charge in [-0.1, -0.05) is 69.4 Å². The molecule has 0 aliphatic carbocycles. The molecule has 0 unspecified atom stereocenters. The molecule has 1 aliphatic heterocycles. The summed E-state index contributed by atoms with van der Waals surface area (Å²) in [5.74, 6) is -4.29. The van der Waals surface area contributed by atoms with Gasteiger partial charge in [-0.2, -0.15) is 0 Å². The van der Waals surface area contributed by atoms with Gasteiger partial charge >= 0.3 is 5.97 Å². The number of benzene rings is 2. The molecule has 1 saturated heterocycles. The smallest absolute Gasteiger partial charge is 0.326 e. The largest absolute Gasteiger partial charge is 0.508 e. The number of aromatic nitrogens is 1. The quantitative estimate of drug-likeness (QED) is 0.0715. The van der Waals surface area contributed by atoms with Crippen molar-refractivity contribution in [3.8, 4) is 5.75 Å². The molecule has 55 heavy (non-hydrogen) atoms. The Balaban J connectivity index is 1.47. The second-order valence-electron chi connectivity index (χ2n) is 14.4. The van der Waals surface area contributed by atoms with E-state index in [4.69, 9.17) is 0 Å². The van der Waals surface area contributed by atoms with Crippen LogP contribution in [0, 0.1) is 0 Å². The number of hydrogen-bond donors (Lipinski definition) is 9. The zero-order valence-electron chi connectivity index (χ0n) is 31.8. The number of carbonyl (C=O) groups is 5. The lowest BCUT2D eigenvalue weighted by molar-refractivity contribution is -0.146. The molecule has 2 aromatic carbocycles. The summed E-state index contributed by atoms with van der Waals surface area (Å²) in [5, 5.41) is 52.9. The maximum absolute atomic E-state index is 13.9. The number of carboxylic acid groups (broad SMARTS) is 1. The summed E-state index contributed by atoms with van der Waals surface area (Å²) in [6.45, 7) is 3.58. The molecule has 0 spiro atoms. The molecule has 7 atom stereocenters. The van der Waals surface area contributed by atoms with E-state index in [1.165, 1.54) is 24.0 Å². The van der Waals surface area contributed by atoms with Crippen LogP contribution in [0.25, 0.3) is 10.9 Å². The average molecular weight is 765 g/mol. The number of nitrogens with zero attached hydrogens (tertiary/aromatic N) is 1. The van der Waals surface area contributed by atoms with E-state index in [0.29, 0.717) is 24.1 Å². The van der Waals surface area contributed by atoms with Gasteiger partial charge in [0.1, 0.15) is 36.0 Å². The fraction of sp³-hybridized carbons (Fsp3) is 0.525. The molecule has 2 heterocycles. The second kappa shape index (κ2) is 20.6. The number of amides is 4. The standard InChI is InChI=1S/C40H56N6O9/c1-4-5-6-7-8-14-30(41-3)35(49)38(52)45-34(24(2)47)39(53)46-20-11-15-33(46)37(51)43-31(21-25-16-18-28(48)19-17-25)36(50)44-32(40(54)55)23-27-22-26-12-9-10-13-29(26)42-27/h9-10,12-13,16-19,22,24,30-35,41-42,47-49H,4-8,11,14-15,20-21,23H2,1-3H3,(H,43,51)(H,44,50)(H,45,52)(H,54,55)/t24-,30+,31+,32-,33+,34-,35+/m0/s1. The zero-order chi connectivity index (χ0) is 40.1. The summed E-state index contributed by atoms with van der Waals surface area (Å²) in [5.41, 5.74) is 1.96. The first-order valence-electron chi connectivity index (χ1n) is 19.1. The highest BCUT2D eigenvalue weighted by molar-refractivity contribution is 5.96. The van der Waals surface area contributed by atoms with Crippen molar-refractivity contribution >= 4 is 40.5 Å². The number of carboxylic acids is 1. The Kier molecular flexibility index (Phi) is 16.0. The number of likely N-dealkylation sites (tertiary alicyclic amines) is 1. The molecular formula is C40H56N6O9. The molecule has 0 bridgehead atoms. The number of phenolic OH excluding ortho intramolecular Hbond substituents is 1. The van der Waals surface area contributed by atoms with Crippen LogP contribution in [0.2, 0.25) is 0 Å². The van der Waals surface area contributed by atoms with Gasteiger partial charge in [-0.05, 0) is 68.4 Å². The van der Waals surface area contributed by atoms with E-state index in [1.54, 1.807) is 25.2 Å². The average Bonchev–Trinajstić information content (AvgIpc) is 3.82. The topological polar surface area (TPSA) is 233 Å². The Hall–Kier alpha value is -4.99. The zero-order valence-corrected chi connectivity index (χ0v) is 31.8. The minimum absolute atomic E-state index is 0.00525. The molecule has 9 N–H and O–H groups in total. The van der Waals surface area contributed by atoms with Crippen LogP contribution in [0.4, 0.5) is 0 Å². The Labute approximate surface area is 321 Å². The number of aromatic hydroxyl groups is 1. The number of likely N-dealkylation sites (N-methyl/N-ethyl adjacent to an activating group) is 1. The summed E-state index contributed by atoms with van der Waals surface area (Å²) in [7, 11) is 1.64. The maximum Gasteiger partial charge on any atom is 0.326 e. The van der Waals surface area contributed by atoms with Gasteiger partial charge in [-0.15, -0.1) is 0 Å². The van der Waals surface area contributed by atoms with E-state index in [2.05, 4.69) is 33.2 Å². The maximum atomic E-state index is 13.9. The summed E-state index contributed by atoms with van der Waals surface area (Å²) in [6.07, 6.45) is 3.20. The number of aliphatic hydroxyl groups excluding tert-OH is 2. The number of carbonyl (C=O) groups excluding carboxylic acids is 4. The Bertz CT molecular complexity index is 1710. The number of fused-ring (bicyclic) bond motifs is 1. The molecule has 0 saturated carbocycles. The van der Waals surface area contributed by atoms with Crippen molar-refractivity contribution < 1.29 is 44.4 Å². The molecule has 300 valence electrons. The van der Waals surface area contributed by atoms with Gasteiger partial charge < -0.3 is 51.6 Å². The van der Waals surface area contributed by atoms with Gasteiger partial charge in [0.15, 0.2) is 0 Å². The number of para-hydroxylation sites is 1. The number of unbranched alkanes of at least 4 members (excludes halogenated alkanes) is 4. The van der Waals surface area contributed by atoms with Crippen LogP contribution < -0.4 is 21.3 Å². The summed E-state index contributed by atoms with van der Waals surface area (Å²) in [4.78, 5) is 71.5. The molecule has 1 aliphatic rings. The minimum atomic E-state index is -1.49. The monoisotopic (exact) mass is 764 g/mol. The van der Waals surface area contributed by atoms with Crippen molar-refractivity contribution in [3.05, 3.63) is 65.9 Å². The van der Waals surface area contributed by atoms with Gasteiger partial charge in [0, 0.05) is 36.6 Å². The summed E-state index contributed by atoms with van der Waals surface area (Å²) < 4.78 is 0. The van der Waals surface area contributed by atoms with Crippen molar-refractivity contribution in [1.82, 2.24) is 31.2 Å². The van der Waals surface area contributed by atoms with E-state index in [-0.39, 0.29) is 31.6 Å². The van der Waals surface area contributed by atoms with Crippen LogP contribution in [0.1, 0.15) is 76.5 Å². The lowest BCUT2D eigenvalue weighted by atomic mass is 10.0. The second-order valence-corrected chi connectivity index (χ2v) is 14.4. The van der Waals surface area contributed by atoms with Gasteiger partial charge in [0.25, 0.3) is 5.91 Å². The molecule has 4 rings (SSSR count). The number of aromatic amines is 1. The van der Waals surface area contributed by atoms with Crippen LogP contribution >= 0.6 is 0 Å². The van der Waals surface area contributed by atoms with Gasteiger partial charge in [-0.25, -0.2) is 4.79 Å².